The normalized spacial score (nSPS) is 20.0. The second kappa shape index (κ2) is 28.5. The van der Waals surface area contributed by atoms with E-state index in [0.29, 0.717) is 51.9 Å². The third-order valence-corrected chi connectivity index (χ3v) is 14.6. The molecule has 15 heteroatoms. The molecule has 67 heavy (non-hydrogen) atoms. The summed E-state index contributed by atoms with van der Waals surface area (Å²) >= 11 is 0. The zero-order chi connectivity index (χ0) is 50.0. The molecule has 1 aromatic rings. The van der Waals surface area contributed by atoms with Crippen molar-refractivity contribution in [1.82, 2.24) is 25.5 Å². The van der Waals surface area contributed by atoms with Crippen LogP contribution in [-0.4, -0.2) is 141 Å². The summed E-state index contributed by atoms with van der Waals surface area (Å²) in [6.45, 7) is 19.9. The number of methoxy groups -OCH3 is 3. The van der Waals surface area contributed by atoms with Crippen molar-refractivity contribution in [2.75, 3.05) is 54.6 Å². The standard InChI is InChI=1S/C52H87N5O10/c1-14-35(6)40(30-36(7)37(8)48(60)46(33(2)3)54-51(62)47(34(4)5)55(10)26-21-25-45(59)65-12)43(64-11)32-44(58)56-27-20-24-42(56)49(66-13)38(9)50(61)53-41(31-39-22-16-15-17-23-39)52(63)57-28-18-19-29-67-57/h15-17,22-23,33-38,40-43,46-47,49H,14,18-21,24-32H2,1-13H3,(H,53,61)(H,54,62). The van der Waals surface area contributed by atoms with E-state index in [-0.39, 0.29) is 83.9 Å². The van der Waals surface area contributed by atoms with E-state index >= 15 is 0 Å². The van der Waals surface area contributed by atoms with Crippen LogP contribution in [0.25, 0.3) is 0 Å². The summed E-state index contributed by atoms with van der Waals surface area (Å²) in [6.07, 6.45) is 4.79. The minimum absolute atomic E-state index is 0.0288. The maximum Gasteiger partial charge on any atom is 0.305 e. The van der Waals surface area contributed by atoms with Gasteiger partial charge in [0.05, 0.1) is 56.4 Å². The number of likely N-dealkylation sites (tertiary alicyclic amines) is 1. The molecule has 3 rings (SSSR count). The fourth-order valence-electron chi connectivity index (χ4n) is 10.1. The van der Waals surface area contributed by atoms with Crippen molar-refractivity contribution in [2.24, 2.45) is 41.4 Å². The Hall–Kier alpha value is -3.92. The number of nitrogens with zero attached hydrogens (tertiary/aromatic N) is 3. The Bertz CT molecular complexity index is 1710. The van der Waals surface area contributed by atoms with Gasteiger partial charge in [0.1, 0.15) is 6.04 Å². The number of amides is 4. The third-order valence-electron chi connectivity index (χ3n) is 14.6. The molecule has 380 valence electrons. The molecule has 0 bridgehead atoms. The lowest BCUT2D eigenvalue weighted by atomic mass is 9.74. The monoisotopic (exact) mass is 942 g/mol. The third kappa shape index (κ3) is 16.6. The number of Topliss-reactive ketones (excluding diaryl/α,β-unsaturated/α-hetero) is 1. The summed E-state index contributed by atoms with van der Waals surface area (Å²) in [4.78, 5) is 91.7. The van der Waals surface area contributed by atoms with E-state index in [1.165, 1.54) is 12.2 Å². The van der Waals surface area contributed by atoms with Gasteiger partial charge in [-0.25, -0.2) is 5.06 Å². The van der Waals surface area contributed by atoms with Crippen LogP contribution >= 0.6 is 0 Å². The lowest BCUT2D eigenvalue weighted by molar-refractivity contribution is -0.199. The summed E-state index contributed by atoms with van der Waals surface area (Å²) in [7, 11) is 6.43. The number of benzene rings is 1. The number of rotatable bonds is 28. The number of hydrogen-bond donors (Lipinski definition) is 2. The van der Waals surface area contributed by atoms with Crippen LogP contribution in [-0.2, 0) is 54.2 Å². The van der Waals surface area contributed by atoms with Crippen LogP contribution < -0.4 is 10.6 Å². The average molecular weight is 942 g/mol. The van der Waals surface area contributed by atoms with E-state index < -0.39 is 42.2 Å². The van der Waals surface area contributed by atoms with Gasteiger partial charge in [0.25, 0.3) is 5.91 Å². The molecule has 2 saturated heterocycles. The minimum atomic E-state index is -0.842. The molecule has 11 atom stereocenters. The number of carbonyl (C=O) groups is 6. The highest BCUT2D eigenvalue weighted by atomic mass is 16.7. The van der Waals surface area contributed by atoms with E-state index in [1.54, 1.807) is 21.1 Å². The van der Waals surface area contributed by atoms with Crippen molar-refractivity contribution in [3.8, 4) is 0 Å². The highest BCUT2D eigenvalue weighted by Gasteiger charge is 2.43. The van der Waals surface area contributed by atoms with E-state index in [0.717, 1.165) is 31.2 Å². The molecule has 2 heterocycles. The van der Waals surface area contributed by atoms with Gasteiger partial charge in [-0.1, -0.05) is 99.1 Å². The summed E-state index contributed by atoms with van der Waals surface area (Å²) < 4.78 is 17.0. The molecule has 0 aromatic heterocycles. The summed E-state index contributed by atoms with van der Waals surface area (Å²) in [5.74, 6) is -2.46. The smallest absolute Gasteiger partial charge is 0.305 e. The van der Waals surface area contributed by atoms with Gasteiger partial charge in [-0.3, -0.25) is 38.5 Å². The summed E-state index contributed by atoms with van der Waals surface area (Å²) in [6, 6.07) is 7.20. The van der Waals surface area contributed by atoms with Gasteiger partial charge in [-0.2, -0.15) is 0 Å². The molecule has 1 aromatic carbocycles. The Balaban J connectivity index is 1.73. The second-order valence-electron chi connectivity index (χ2n) is 20.0. The molecule has 15 nitrogen and oxygen atoms in total. The van der Waals surface area contributed by atoms with Gasteiger partial charge in [0.15, 0.2) is 5.78 Å². The van der Waals surface area contributed by atoms with Gasteiger partial charge in [0, 0.05) is 46.1 Å². The first-order chi connectivity index (χ1) is 31.8. The molecule has 4 amide bonds. The van der Waals surface area contributed by atoms with Gasteiger partial charge in [0.2, 0.25) is 17.7 Å². The van der Waals surface area contributed by atoms with E-state index in [9.17, 15) is 28.8 Å². The summed E-state index contributed by atoms with van der Waals surface area (Å²) in [5, 5.41) is 7.52. The Kier molecular flexibility index (Phi) is 24.5. The Morgan fingerprint density at radius 3 is 2.07 bits per heavy atom. The zero-order valence-corrected chi connectivity index (χ0v) is 43.2. The maximum absolute atomic E-state index is 14.5. The molecule has 0 radical (unpaired) electrons. The number of ketones is 1. The first kappa shape index (κ1) is 57.4. The number of ether oxygens (including phenoxy) is 3. The van der Waals surface area contributed by atoms with Crippen LogP contribution in [0.4, 0.5) is 0 Å². The molecule has 11 unspecified atom stereocenters. The van der Waals surface area contributed by atoms with Crippen LogP contribution in [0.15, 0.2) is 30.3 Å². The van der Waals surface area contributed by atoms with Crippen LogP contribution in [0.2, 0.25) is 0 Å². The summed E-state index contributed by atoms with van der Waals surface area (Å²) in [5.41, 5.74) is 0.912. The molecule has 2 aliphatic rings. The maximum atomic E-state index is 14.5. The largest absolute Gasteiger partial charge is 0.469 e. The van der Waals surface area contributed by atoms with Crippen LogP contribution in [0.5, 0.6) is 0 Å². The molecular weight excluding hydrogens is 855 g/mol. The van der Waals surface area contributed by atoms with E-state index in [1.807, 2.05) is 81.8 Å². The number of nitrogens with one attached hydrogen (secondary N) is 2. The van der Waals surface area contributed by atoms with Crippen molar-refractivity contribution in [3.63, 3.8) is 0 Å². The lowest BCUT2D eigenvalue weighted by Gasteiger charge is -2.37. The second-order valence-corrected chi connectivity index (χ2v) is 20.0. The Labute approximate surface area is 402 Å². The van der Waals surface area contributed by atoms with Gasteiger partial charge >= 0.3 is 5.97 Å². The minimum Gasteiger partial charge on any atom is -0.469 e. The number of esters is 1. The first-order valence-electron chi connectivity index (χ1n) is 25.1. The van der Waals surface area contributed by atoms with E-state index in [2.05, 4.69) is 31.4 Å². The molecule has 0 aliphatic carbocycles. The fraction of sp³-hybridized carbons (Fsp3) is 0.769. The molecule has 2 N–H and O–H groups in total. The Morgan fingerprint density at radius 1 is 0.821 bits per heavy atom. The van der Waals surface area contributed by atoms with Crippen LogP contribution in [0, 0.1) is 41.4 Å². The predicted octanol–water partition coefficient (Wildman–Crippen LogP) is 6.26. The van der Waals surface area contributed by atoms with Gasteiger partial charge in [-0.05, 0) is 87.3 Å². The first-order valence-corrected chi connectivity index (χ1v) is 25.1. The number of likely N-dealkylation sites (N-methyl/N-ethyl adjacent to an activating group) is 1. The van der Waals surface area contributed by atoms with Crippen LogP contribution in [0.3, 0.4) is 0 Å². The quantitative estimate of drug-likeness (QED) is 0.0909. The molecule has 0 spiro atoms. The van der Waals surface area contributed by atoms with Crippen molar-refractivity contribution in [2.45, 2.75) is 163 Å². The fourth-order valence-corrected chi connectivity index (χ4v) is 10.1. The van der Waals surface area contributed by atoms with Gasteiger partial charge in [-0.15, -0.1) is 0 Å². The molecule has 2 aliphatic heterocycles. The highest BCUT2D eigenvalue weighted by molar-refractivity contribution is 5.92. The Morgan fingerprint density at radius 2 is 1.51 bits per heavy atom. The molecule has 2 fully saturated rings. The number of hydrogen-bond acceptors (Lipinski definition) is 11. The SMILES string of the molecule is CCC(C)C(CC(C)C(C)C(=O)C(NC(=O)C(C(C)C)N(C)CCCC(=O)OC)C(C)C)C(CC(=O)N1CCCC1C(OC)C(C)C(=O)NC(Cc1ccccc1)C(=O)N1CCCCO1)OC. The molecular formula is C52H87N5O10. The van der Waals surface area contributed by atoms with Gasteiger partial charge < -0.3 is 29.7 Å². The van der Waals surface area contributed by atoms with Crippen molar-refractivity contribution >= 4 is 35.4 Å². The highest BCUT2D eigenvalue weighted by Crippen LogP contribution is 2.35. The lowest BCUT2D eigenvalue weighted by Crippen LogP contribution is -2.55. The van der Waals surface area contributed by atoms with Crippen molar-refractivity contribution < 1.29 is 47.8 Å². The topological polar surface area (TPSA) is 173 Å². The zero-order valence-electron chi connectivity index (χ0n) is 43.2. The predicted molar refractivity (Wildman–Crippen MR) is 259 cm³/mol. The van der Waals surface area contributed by atoms with Crippen molar-refractivity contribution in [1.29, 1.82) is 0 Å². The average Bonchev–Trinajstić information content (AvgIpc) is 3.80. The van der Waals surface area contributed by atoms with Crippen LogP contribution in [0.1, 0.15) is 126 Å². The van der Waals surface area contributed by atoms with Crippen molar-refractivity contribution in [3.05, 3.63) is 35.9 Å². The number of carbonyl (C=O) groups excluding carboxylic acids is 6. The number of hydroxylamine groups is 2. The molecule has 0 saturated carbocycles. The van der Waals surface area contributed by atoms with E-state index in [4.69, 9.17) is 19.0 Å².